The minimum absolute atomic E-state index is 0.437. The normalized spacial score (nSPS) is 10.6. The van der Waals surface area contributed by atoms with Gasteiger partial charge in [-0.25, -0.2) is 0 Å². The zero-order chi connectivity index (χ0) is 15.3. The SMILES string of the molecule is COCCOCCCOCCOc1ccc(B(O)O)cc1. The van der Waals surface area contributed by atoms with Crippen LogP contribution >= 0.6 is 0 Å². The molecule has 0 aliphatic heterocycles. The summed E-state index contributed by atoms with van der Waals surface area (Å²) in [4.78, 5) is 0. The molecule has 0 spiro atoms. The summed E-state index contributed by atoms with van der Waals surface area (Å²) in [5.74, 6) is 0.672. The third kappa shape index (κ3) is 8.69. The molecule has 0 aliphatic carbocycles. The van der Waals surface area contributed by atoms with E-state index in [2.05, 4.69) is 0 Å². The van der Waals surface area contributed by atoms with Crippen LogP contribution in [-0.2, 0) is 14.2 Å². The van der Waals surface area contributed by atoms with Crippen molar-refractivity contribution in [2.24, 2.45) is 0 Å². The van der Waals surface area contributed by atoms with Crippen molar-refractivity contribution in [2.75, 3.05) is 46.8 Å². The van der Waals surface area contributed by atoms with E-state index in [9.17, 15) is 0 Å². The Labute approximate surface area is 125 Å². The maximum Gasteiger partial charge on any atom is 0.488 e. The van der Waals surface area contributed by atoms with E-state index in [1.54, 1.807) is 31.4 Å². The lowest BCUT2D eigenvalue weighted by atomic mass is 9.80. The quantitative estimate of drug-likeness (QED) is 0.411. The zero-order valence-electron chi connectivity index (χ0n) is 12.4. The number of ether oxygens (including phenoxy) is 4. The first-order chi connectivity index (χ1) is 10.2. The summed E-state index contributed by atoms with van der Waals surface area (Å²) in [5.41, 5.74) is 0.437. The fourth-order valence-corrected chi connectivity index (χ4v) is 1.56. The molecule has 21 heavy (non-hydrogen) atoms. The largest absolute Gasteiger partial charge is 0.491 e. The third-order valence-electron chi connectivity index (χ3n) is 2.68. The lowest BCUT2D eigenvalue weighted by Gasteiger charge is -2.08. The van der Waals surface area contributed by atoms with Crippen molar-refractivity contribution in [3.8, 4) is 5.75 Å². The van der Waals surface area contributed by atoms with Crippen molar-refractivity contribution in [2.45, 2.75) is 6.42 Å². The van der Waals surface area contributed by atoms with E-state index in [1.807, 2.05) is 0 Å². The van der Waals surface area contributed by atoms with Gasteiger partial charge >= 0.3 is 7.12 Å². The molecule has 0 heterocycles. The van der Waals surface area contributed by atoms with Gasteiger partial charge in [-0.05, 0) is 24.0 Å². The number of benzene rings is 1. The first kappa shape index (κ1) is 17.9. The first-order valence-electron chi connectivity index (χ1n) is 6.97. The molecule has 118 valence electrons. The van der Waals surface area contributed by atoms with Gasteiger partial charge in [0, 0.05) is 20.3 Å². The van der Waals surface area contributed by atoms with E-state index >= 15 is 0 Å². The van der Waals surface area contributed by atoms with Gasteiger partial charge in [0.1, 0.15) is 12.4 Å². The van der Waals surface area contributed by atoms with Crippen molar-refractivity contribution < 1.29 is 29.0 Å². The summed E-state index contributed by atoms with van der Waals surface area (Å²) in [7, 11) is 0.194. The highest BCUT2D eigenvalue weighted by Crippen LogP contribution is 2.07. The molecule has 0 atom stereocenters. The van der Waals surface area contributed by atoms with Crippen LogP contribution in [-0.4, -0.2) is 63.9 Å². The highest BCUT2D eigenvalue weighted by molar-refractivity contribution is 6.58. The minimum Gasteiger partial charge on any atom is -0.491 e. The number of rotatable bonds is 12. The molecular formula is C14H23BO6. The summed E-state index contributed by atoms with van der Waals surface area (Å²) in [6.07, 6.45) is 0.840. The summed E-state index contributed by atoms with van der Waals surface area (Å²) in [6, 6.07) is 6.60. The van der Waals surface area contributed by atoms with Gasteiger partial charge in [0.25, 0.3) is 0 Å². The van der Waals surface area contributed by atoms with Crippen LogP contribution in [0.2, 0.25) is 0 Å². The standard InChI is InChI=1S/C14H23BO6/c1-18-9-10-19-7-2-8-20-11-12-21-14-5-3-13(4-6-14)15(16)17/h3-6,16-17H,2,7-12H2,1H3. The molecule has 6 nitrogen and oxygen atoms in total. The molecule has 0 saturated heterocycles. The molecule has 1 aromatic carbocycles. The highest BCUT2D eigenvalue weighted by atomic mass is 16.5. The molecule has 0 aliphatic rings. The Hall–Kier alpha value is -1.12. The predicted molar refractivity (Wildman–Crippen MR) is 79.9 cm³/mol. The maximum atomic E-state index is 8.96. The Balaban J connectivity index is 1.96. The van der Waals surface area contributed by atoms with Crippen molar-refractivity contribution in [1.82, 2.24) is 0 Å². The number of methoxy groups -OCH3 is 1. The van der Waals surface area contributed by atoms with E-state index in [0.29, 0.717) is 50.9 Å². The molecule has 0 radical (unpaired) electrons. The van der Waals surface area contributed by atoms with E-state index in [1.165, 1.54) is 0 Å². The van der Waals surface area contributed by atoms with Crippen LogP contribution in [0.15, 0.2) is 24.3 Å². The van der Waals surface area contributed by atoms with Crippen molar-refractivity contribution >= 4 is 12.6 Å². The number of hydrogen-bond donors (Lipinski definition) is 2. The molecule has 2 N–H and O–H groups in total. The second-order valence-electron chi connectivity index (χ2n) is 4.36. The van der Waals surface area contributed by atoms with Gasteiger partial charge in [-0.15, -0.1) is 0 Å². The molecule has 0 aromatic heterocycles. The van der Waals surface area contributed by atoms with Gasteiger partial charge < -0.3 is 29.0 Å². The third-order valence-corrected chi connectivity index (χ3v) is 2.68. The van der Waals surface area contributed by atoms with Crippen LogP contribution in [0.25, 0.3) is 0 Å². The van der Waals surface area contributed by atoms with Crippen LogP contribution < -0.4 is 10.2 Å². The Morgan fingerprint density at radius 3 is 2.05 bits per heavy atom. The molecule has 0 bridgehead atoms. The second kappa shape index (κ2) is 11.5. The van der Waals surface area contributed by atoms with Crippen LogP contribution in [0.4, 0.5) is 0 Å². The monoisotopic (exact) mass is 298 g/mol. The maximum absolute atomic E-state index is 8.96. The highest BCUT2D eigenvalue weighted by Gasteiger charge is 2.09. The molecule has 0 saturated carbocycles. The van der Waals surface area contributed by atoms with Gasteiger partial charge in [0.15, 0.2) is 0 Å². The fraction of sp³-hybridized carbons (Fsp3) is 0.571. The molecule has 0 unspecified atom stereocenters. The van der Waals surface area contributed by atoms with E-state index < -0.39 is 7.12 Å². The Morgan fingerprint density at radius 1 is 0.857 bits per heavy atom. The second-order valence-corrected chi connectivity index (χ2v) is 4.36. The molecular weight excluding hydrogens is 275 g/mol. The average molecular weight is 298 g/mol. The topological polar surface area (TPSA) is 77.4 Å². The summed E-state index contributed by atoms with van der Waals surface area (Å²) in [5, 5.41) is 17.9. The Morgan fingerprint density at radius 2 is 1.48 bits per heavy atom. The molecule has 7 heteroatoms. The van der Waals surface area contributed by atoms with Crippen molar-refractivity contribution in [3.63, 3.8) is 0 Å². The lowest BCUT2D eigenvalue weighted by Crippen LogP contribution is -2.29. The predicted octanol–water partition coefficient (Wildman–Crippen LogP) is -0.185. The van der Waals surface area contributed by atoms with E-state index in [4.69, 9.17) is 29.0 Å². The lowest BCUT2D eigenvalue weighted by molar-refractivity contribution is 0.0459. The minimum atomic E-state index is -1.45. The van der Waals surface area contributed by atoms with Gasteiger partial charge in [-0.3, -0.25) is 0 Å². The molecule has 0 amide bonds. The Kier molecular flexibility index (Phi) is 9.85. The van der Waals surface area contributed by atoms with Gasteiger partial charge in [-0.2, -0.15) is 0 Å². The fourth-order valence-electron chi connectivity index (χ4n) is 1.56. The summed E-state index contributed by atoms with van der Waals surface area (Å²) >= 11 is 0. The van der Waals surface area contributed by atoms with Crippen molar-refractivity contribution in [3.05, 3.63) is 24.3 Å². The zero-order valence-corrected chi connectivity index (χ0v) is 12.4. The van der Waals surface area contributed by atoms with E-state index in [0.717, 1.165) is 6.42 Å². The van der Waals surface area contributed by atoms with Gasteiger partial charge in [0.2, 0.25) is 0 Å². The van der Waals surface area contributed by atoms with Crippen molar-refractivity contribution in [1.29, 1.82) is 0 Å². The summed E-state index contributed by atoms with van der Waals surface area (Å²) in [6.45, 7) is 3.47. The first-order valence-corrected chi connectivity index (χ1v) is 6.97. The van der Waals surface area contributed by atoms with Crippen LogP contribution in [0, 0.1) is 0 Å². The van der Waals surface area contributed by atoms with Crippen LogP contribution in [0.5, 0.6) is 5.75 Å². The smallest absolute Gasteiger partial charge is 0.488 e. The van der Waals surface area contributed by atoms with E-state index in [-0.39, 0.29) is 0 Å². The average Bonchev–Trinajstić information content (AvgIpc) is 2.49. The molecule has 0 fully saturated rings. The molecule has 1 rings (SSSR count). The van der Waals surface area contributed by atoms with Gasteiger partial charge in [-0.1, -0.05) is 12.1 Å². The number of hydrogen-bond acceptors (Lipinski definition) is 6. The Bertz CT molecular complexity index is 357. The summed E-state index contributed by atoms with van der Waals surface area (Å²) < 4.78 is 21.0. The van der Waals surface area contributed by atoms with Gasteiger partial charge in [0.05, 0.1) is 19.8 Å². The van der Waals surface area contributed by atoms with Crippen LogP contribution in [0.3, 0.4) is 0 Å². The van der Waals surface area contributed by atoms with Crippen LogP contribution in [0.1, 0.15) is 6.42 Å². The molecule has 1 aromatic rings.